The van der Waals surface area contributed by atoms with Gasteiger partial charge in [0.15, 0.2) is 0 Å². The maximum absolute atomic E-state index is 12.4. The van der Waals surface area contributed by atoms with Gasteiger partial charge in [0.05, 0.1) is 11.7 Å². The lowest BCUT2D eigenvalue weighted by atomic mass is 10.0. The molecule has 0 saturated heterocycles. The molecule has 0 radical (unpaired) electrons. The van der Waals surface area contributed by atoms with E-state index in [1.54, 1.807) is 10.7 Å². The van der Waals surface area contributed by atoms with Gasteiger partial charge in [-0.3, -0.25) is 9.48 Å². The molecule has 2 rings (SSSR count). The van der Waals surface area contributed by atoms with Crippen LogP contribution in [-0.2, 0) is 4.79 Å². The SMILES string of the molecule is CCC(NC(=O)/C(C#N)=C/c1ccn(C(C)C)n1)c1ccccc1. The van der Waals surface area contributed by atoms with Crippen LogP contribution in [0, 0.1) is 11.3 Å². The second kappa shape index (κ2) is 8.11. The Kier molecular flexibility index (Phi) is 5.91. The number of carbonyl (C=O) groups is 1. The van der Waals surface area contributed by atoms with Crippen LogP contribution < -0.4 is 5.32 Å². The van der Waals surface area contributed by atoms with E-state index in [9.17, 15) is 10.1 Å². The number of nitriles is 1. The molecule has 5 nitrogen and oxygen atoms in total. The van der Waals surface area contributed by atoms with Crippen molar-refractivity contribution in [3.8, 4) is 6.07 Å². The minimum Gasteiger partial charge on any atom is -0.345 e. The Balaban J connectivity index is 2.16. The predicted molar refractivity (Wildman–Crippen MR) is 93.8 cm³/mol. The Labute approximate surface area is 142 Å². The standard InChI is InChI=1S/C19H22N4O/c1-4-18(15-8-6-5-7-9-15)21-19(24)16(13-20)12-17-10-11-23(22-17)14(2)3/h5-12,14,18H,4H2,1-3H3,(H,21,24)/b16-12+. The lowest BCUT2D eigenvalue weighted by molar-refractivity contribution is -0.117. The first-order valence-corrected chi connectivity index (χ1v) is 8.08. The minimum absolute atomic E-state index is 0.0541. The molecule has 0 aliphatic carbocycles. The molecule has 1 N–H and O–H groups in total. The van der Waals surface area contributed by atoms with Gasteiger partial charge in [0.25, 0.3) is 5.91 Å². The van der Waals surface area contributed by atoms with E-state index in [4.69, 9.17) is 0 Å². The van der Waals surface area contributed by atoms with Crippen LogP contribution in [0.2, 0.25) is 0 Å². The molecule has 24 heavy (non-hydrogen) atoms. The summed E-state index contributed by atoms with van der Waals surface area (Å²) < 4.78 is 1.79. The number of aromatic nitrogens is 2. The van der Waals surface area contributed by atoms with Crippen molar-refractivity contribution < 1.29 is 4.79 Å². The van der Waals surface area contributed by atoms with Crippen molar-refractivity contribution in [3.63, 3.8) is 0 Å². The molecule has 1 aromatic carbocycles. The summed E-state index contributed by atoms with van der Waals surface area (Å²) in [6.07, 6.45) is 4.10. The minimum atomic E-state index is -0.382. The van der Waals surface area contributed by atoms with E-state index in [1.165, 1.54) is 6.08 Å². The number of hydrogen-bond acceptors (Lipinski definition) is 3. The van der Waals surface area contributed by atoms with Crippen LogP contribution in [-0.4, -0.2) is 15.7 Å². The summed E-state index contributed by atoms with van der Waals surface area (Å²) in [6.45, 7) is 6.03. The zero-order valence-corrected chi connectivity index (χ0v) is 14.2. The summed E-state index contributed by atoms with van der Waals surface area (Å²) in [5.74, 6) is -0.382. The van der Waals surface area contributed by atoms with Gasteiger partial charge < -0.3 is 5.32 Å². The molecule has 5 heteroatoms. The highest BCUT2D eigenvalue weighted by Crippen LogP contribution is 2.17. The average molecular weight is 322 g/mol. The quantitative estimate of drug-likeness (QED) is 0.652. The van der Waals surface area contributed by atoms with Gasteiger partial charge in [-0.15, -0.1) is 0 Å². The number of hydrogen-bond donors (Lipinski definition) is 1. The smallest absolute Gasteiger partial charge is 0.262 e. The number of carbonyl (C=O) groups excluding carboxylic acids is 1. The third-order valence-electron chi connectivity index (χ3n) is 3.73. The molecule has 0 aliphatic rings. The molecular formula is C19H22N4O. The Morgan fingerprint density at radius 1 is 1.33 bits per heavy atom. The highest BCUT2D eigenvalue weighted by Gasteiger charge is 2.16. The van der Waals surface area contributed by atoms with Crippen LogP contribution in [0.25, 0.3) is 6.08 Å². The van der Waals surface area contributed by atoms with Crippen molar-refractivity contribution in [2.24, 2.45) is 0 Å². The Bertz CT molecular complexity index is 753. The maximum atomic E-state index is 12.4. The normalized spacial score (nSPS) is 12.7. The van der Waals surface area contributed by atoms with E-state index in [2.05, 4.69) is 10.4 Å². The number of nitrogens with one attached hydrogen (secondary N) is 1. The van der Waals surface area contributed by atoms with Crippen LogP contribution in [0.1, 0.15) is 50.5 Å². The highest BCUT2D eigenvalue weighted by atomic mass is 16.1. The van der Waals surface area contributed by atoms with E-state index in [0.717, 1.165) is 12.0 Å². The highest BCUT2D eigenvalue weighted by molar-refractivity contribution is 6.01. The molecular weight excluding hydrogens is 300 g/mol. The van der Waals surface area contributed by atoms with Crippen LogP contribution in [0.15, 0.2) is 48.2 Å². The summed E-state index contributed by atoms with van der Waals surface area (Å²) in [7, 11) is 0. The van der Waals surface area contributed by atoms with Crippen molar-refractivity contribution in [1.82, 2.24) is 15.1 Å². The zero-order chi connectivity index (χ0) is 17.5. The molecule has 0 spiro atoms. The first-order valence-electron chi connectivity index (χ1n) is 8.08. The van der Waals surface area contributed by atoms with Gasteiger partial charge >= 0.3 is 0 Å². The van der Waals surface area contributed by atoms with Crippen molar-refractivity contribution >= 4 is 12.0 Å². The fourth-order valence-corrected chi connectivity index (χ4v) is 2.36. The van der Waals surface area contributed by atoms with Crippen LogP contribution in [0.4, 0.5) is 0 Å². The average Bonchev–Trinajstić information content (AvgIpc) is 3.07. The first-order chi connectivity index (χ1) is 11.5. The van der Waals surface area contributed by atoms with Gasteiger partial charge in [-0.25, -0.2) is 0 Å². The molecule has 1 unspecified atom stereocenters. The van der Waals surface area contributed by atoms with E-state index >= 15 is 0 Å². The van der Waals surface area contributed by atoms with Crippen LogP contribution in [0.3, 0.4) is 0 Å². The topological polar surface area (TPSA) is 70.7 Å². The molecule has 0 saturated carbocycles. The van der Waals surface area contributed by atoms with Crippen LogP contribution in [0.5, 0.6) is 0 Å². The van der Waals surface area contributed by atoms with Crippen molar-refractivity contribution in [2.45, 2.75) is 39.3 Å². The van der Waals surface area contributed by atoms with Crippen LogP contribution >= 0.6 is 0 Å². The summed E-state index contributed by atoms with van der Waals surface area (Å²) in [5.41, 5.74) is 1.68. The van der Waals surface area contributed by atoms with Crippen molar-refractivity contribution in [3.05, 3.63) is 59.4 Å². The Morgan fingerprint density at radius 3 is 2.58 bits per heavy atom. The van der Waals surface area contributed by atoms with Gasteiger partial charge in [-0.2, -0.15) is 10.4 Å². The van der Waals surface area contributed by atoms with Gasteiger partial charge in [0.2, 0.25) is 0 Å². The second-order valence-electron chi connectivity index (χ2n) is 5.83. The zero-order valence-electron chi connectivity index (χ0n) is 14.2. The van der Waals surface area contributed by atoms with Gasteiger partial charge in [-0.1, -0.05) is 37.3 Å². The summed E-state index contributed by atoms with van der Waals surface area (Å²) in [6, 6.07) is 13.6. The number of rotatable bonds is 6. The molecule has 0 fully saturated rings. The Morgan fingerprint density at radius 2 is 2.04 bits per heavy atom. The fourth-order valence-electron chi connectivity index (χ4n) is 2.36. The van der Waals surface area contributed by atoms with E-state index < -0.39 is 0 Å². The number of benzene rings is 1. The monoisotopic (exact) mass is 322 g/mol. The van der Waals surface area contributed by atoms with Gasteiger partial charge in [-0.05, 0) is 38.0 Å². The molecule has 1 aromatic heterocycles. The fraction of sp³-hybridized carbons (Fsp3) is 0.316. The summed E-state index contributed by atoms with van der Waals surface area (Å²) in [4.78, 5) is 12.4. The van der Waals surface area contributed by atoms with E-state index in [-0.39, 0.29) is 23.6 Å². The predicted octanol–water partition coefficient (Wildman–Crippen LogP) is 3.64. The molecule has 124 valence electrons. The molecule has 2 aromatic rings. The summed E-state index contributed by atoms with van der Waals surface area (Å²) >= 11 is 0. The molecule has 0 aliphatic heterocycles. The summed E-state index contributed by atoms with van der Waals surface area (Å²) in [5, 5.41) is 16.6. The number of amides is 1. The second-order valence-corrected chi connectivity index (χ2v) is 5.83. The largest absolute Gasteiger partial charge is 0.345 e. The molecule has 0 bridgehead atoms. The molecule has 1 amide bonds. The van der Waals surface area contributed by atoms with Crippen molar-refractivity contribution in [2.75, 3.05) is 0 Å². The van der Waals surface area contributed by atoms with Gasteiger partial charge in [0.1, 0.15) is 11.6 Å². The van der Waals surface area contributed by atoms with E-state index in [0.29, 0.717) is 5.69 Å². The third-order valence-corrected chi connectivity index (χ3v) is 3.73. The lowest BCUT2D eigenvalue weighted by Crippen LogP contribution is -2.29. The van der Waals surface area contributed by atoms with Crippen molar-refractivity contribution in [1.29, 1.82) is 5.26 Å². The molecule has 1 atom stereocenters. The first kappa shape index (κ1) is 17.5. The number of nitrogens with zero attached hydrogens (tertiary/aromatic N) is 3. The maximum Gasteiger partial charge on any atom is 0.262 e. The van der Waals surface area contributed by atoms with Gasteiger partial charge in [0, 0.05) is 12.2 Å². The third kappa shape index (κ3) is 4.32. The van der Waals surface area contributed by atoms with E-state index in [1.807, 2.05) is 63.4 Å². The molecule has 1 heterocycles. The lowest BCUT2D eigenvalue weighted by Gasteiger charge is -2.17. The Hall–Kier alpha value is -2.87.